The number of rotatable bonds is 7. The van der Waals surface area contributed by atoms with Gasteiger partial charge in [-0.15, -0.1) is 24.0 Å². The predicted molar refractivity (Wildman–Crippen MR) is 110 cm³/mol. The summed E-state index contributed by atoms with van der Waals surface area (Å²) in [6.45, 7) is 12.0. The van der Waals surface area contributed by atoms with Gasteiger partial charge in [-0.25, -0.2) is 0 Å². The molecule has 6 heteroatoms. The minimum atomic E-state index is 0. The van der Waals surface area contributed by atoms with Crippen LogP contribution in [-0.2, 0) is 4.74 Å². The highest BCUT2D eigenvalue weighted by molar-refractivity contribution is 14.0. The molecule has 4 nitrogen and oxygen atoms in total. The minimum absolute atomic E-state index is 0. The number of halogens is 1. The average Bonchev–Trinajstić information content (AvgIpc) is 3.20. The van der Waals surface area contributed by atoms with Gasteiger partial charge in [-0.05, 0) is 42.7 Å². The molecular formula is C17H30IN3OS. The maximum absolute atomic E-state index is 5.57. The monoisotopic (exact) mass is 451 g/mol. The minimum Gasteiger partial charge on any atom is -0.381 e. The van der Waals surface area contributed by atoms with Gasteiger partial charge < -0.3 is 15.0 Å². The van der Waals surface area contributed by atoms with Crippen LogP contribution in [-0.4, -0.2) is 50.3 Å². The third-order valence-corrected chi connectivity index (χ3v) is 4.81. The fraction of sp³-hybridized carbons (Fsp3) is 0.706. The summed E-state index contributed by atoms with van der Waals surface area (Å²) in [5.74, 6) is 2.17. The van der Waals surface area contributed by atoms with Gasteiger partial charge in [-0.1, -0.05) is 6.92 Å². The van der Waals surface area contributed by atoms with Gasteiger partial charge in [0.05, 0.1) is 6.61 Å². The zero-order chi connectivity index (χ0) is 15.8. The number of aliphatic imine (C=N–C) groups is 1. The summed E-state index contributed by atoms with van der Waals surface area (Å²) in [6, 6.07) is 2.20. The van der Waals surface area contributed by atoms with Crippen molar-refractivity contribution >= 4 is 41.3 Å². The van der Waals surface area contributed by atoms with E-state index in [1.54, 1.807) is 11.3 Å². The Morgan fingerprint density at radius 1 is 1.52 bits per heavy atom. The lowest BCUT2D eigenvalue weighted by Gasteiger charge is -2.22. The fourth-order valence-electron chi connectivity index (χ4n) is 2.76. The standard InChI is InChI=1S/C17H29N3OS.HI/c1-4-18-17(19-10-14(3)16-7-9-22-13-16)20-8-6-15(11-20)12-21-5-2;/h7,9,13-15H,4-6,8,10-12H2,1-3H3,(H,18,19);1H. The van der Waals surface area contributed by atoms with E-state index < -0.39 is 0 Å². The van der Waals surface area contributed by atoms with Crippen molar-refractivity contribution in [1.82, 2.24) is 10.2 Å². The lowest BCUT2D eigenvalue weighted by molar-refractivity contribution is 0.114. The van der Waals surface area contributed by atoms with Gasteiger partial charge in [0.1, 0.15) is 0 Å². The van der Waals surface area contributed by atoms with E-state index in [1.807, 2.05) is 0 Å². The van der Waals surface area contributed by atoms with Crippen molar-refractivity contribution in [2.45, 2.75) is 33.1 Å². The molecule has 0 aromatic carbocycles. The highest BCUT2D eigenvalue weighted by atomic mass is 127. The number of nitrogens with zero attached hydrogens (tertiary/aromatic N) is 2. The molecule has 132 valence electrons. The fourth-order valence-corrected chi connectivity index (χ4v) is 3.54. The van der Waals surface area contributed by atoms with Crippen molar-refractivity contribution < 1.29 is 4.74 Å². The van der Waals surface area contributed by atoms with Crippen LogP contribution in [0.5, 0.6) is 0 Å². The SMILES string of the molecule is CCNC(=NCC(C)c1ccsc1)N1CCC(COCC)C1.I. The first-order valence-electron chi connectivity index (χ1n) is 8.37. The molecule has 2 rings (SSSR count). The van der Waals surface area contributed by atoms with Crippen molar-refractivity contribution in [3.8, 4) is 0 Å². The predicted octanol–water partition coefficient (Wildman–Crippen LogP) is 3.79. The summed E-state index contributed by atoms with van der Waals surface area (Å²) in [4.78, 5) is 7.24. The quantitative estimate of drug-likeness (QED) is 0.390. The second-order valence-corrected chi connectivity index (χ2v) is 6.69. The molecule has 2 heterocycles. The Hall–Kier alpha value is -0.340. The Morgan fingerprint density at radius 3 is 3.00 bits per heavy atom. The third kappa shape index (κ3) is 6.58. The van der Waals surface area contributed by atoms with Gasteiger partial charge in [0, 0.05) is 44.6 Å². The van der Waals surface area contributed by atoms with E-state index >= 15 is 0 Å². The average molecular weight is 451 g/mol. The number of thiophene rings is 1. The molecule has 1 aromatic heterocycles. The number of hydrogen-bond acceptors (Lipinski definition) is 3. The Morgan fingerprint density at radius 2 is 2.35 bits per heavy atom. The molecule has 0 amide bonds. The zero-order valence-corrected chi connectivity index (χ0v) is 17.6. The van der Waals surface area contributed by atoms with Crippen molar-refractivity contribution in [2.24, 2.45) is 10.9 Å². The number of ether oxygens (including phenoxy) is 1. The van der Waals surface area contributed by atoms with Crippen LogP contribution in [0, 0.1) is 5.92 Å². The molecular weight excluding hydrogens is 421 g/mol. The number of guanidine groups is 1. The lowest BCUT2D eigenvalue weighted by Crippen LogP contribution is -2.40. The second-order valence-electron chi connectivity index (χ2n) is 5.91. The summed E-state index contributed by atoms with van der Waals surface area (Å²) in [5, 5.41) is 7.80. The first kappa shape index (κ1) is 20.7. The molecule has 1 aromatic rings. The summed E-state index contributed by atoms with van der Waals surface area (Å²) < 4.78 is 5.57. The molecule has 1 aliphatic heterocycles. The Labute approximate surface area is 161 Å². The van der Waals surface area contributed by atoms with Crippen molar-refractivity contribution in [1.29, 1.82) is 0 Å². The second kappa shape index (κ2) is 11.3. The smallest absolute Gasteiger partial charge is 0.193 e. The molecule has 1 aliphatic rings. The zero-order valence-electron chi connectivity index (χ0n) is 14.5. The molecule has 2 atom stereocenters. The van der Waals surface area contributed by atoms with Crippen LogP contribution < -0.4 is 5.32 Å². The van der Waals surface area contributed by atoms with E-state index in [4.69, 9.17) is 9.73 Å². The van der Waals surface area contributed by atoms with E-state index in [2.05, 4.69) is 47.8 Å². The van der Waals surface area contributed by atoms with Gasteiger partial charge >= 0.3 is 0 Å². The first-order chi connectivity index (χ1) is 10.7. The van der Waals surface area contributed by atoms with E-state index in [-0.39, 0.29) is 24.0 Å². The van der Waals surface area contributed by atoms with Gasteiger partial charge in [-0.2, -0.15) is 11.3 Å². The van der Waals surface area contributed by atoms with E-state index in [1.165, 1.54) is 12.0 Å². The van der Waals surface area contributed by atoms with Crippen LogP contribution in [0.15, 0.2) is 21.8 Å². The normalized spacial score (nSPS) is 19.5. The maximum Gasteiger partial charge on any atom is 0.193 e. The topological polar surface area (TPSA) is 36.9 Å². The third-order valence-electron chi connectivity index (χ3n) is 4.11. The van der Waals surface area contributed by atoms with Crippen molar-refractivity contribution in [3.63, 3.8) is 0 Å². The molecule has 1 fully saturated rings. The largest absolute Gasteiger partial charge is 0.381 e. The Bertz CT molecular complexity index is 453. The molecule has 23 heavy (non-hydrogen) atoms. The van der Waals surface area contributed by atoms with Crippen LogP contribution >= 0.6 is 35.3 Å². The van der Waals surface area contributed by atoms with Crippen LogP contribution in [0.1, 0.15) is 38.7 Å². The molecule has 1 N–H and O–H groups in total. The van der Waals surface area contributed by atoms with Gasteiger partial charge in [0.15, 0.2) is 5.96 Å². The Balaban J connectivity index is 0.00000264. The summed E-state index contributed by atoms with van der Waals surface area (Å²) in [6.07, 6.45) is 1.20. The molecule has 0 aliphatic carbocycles. The van der Waals surface area contributed by atoms with E-state index in [0.29, 0.717) is 11.8 Å². The van der Waals surface area contributed by atoms with Crippen LogP contribution in [0.4, 0.5) is 0 Å². The van der Waals surface area contributed by atoms with E-state index in [0.717, 1.165) is 45.4 Å². The highest BCUT2D eigenvalue weighted by Gasteiger charge is 2.24. The van der Waals surface area contributed by atoms with E-state index in [9.17, 15) is 0 Å². The lowest BCUT2D eigenvalue weighted by atomic mass is 10.1. The summed E-state index contributed by atoms with van der Waals surface area (Å²) in [5.41, 5.74) is 1.39. The number of hydrogen-bond donors (Lipinski definition) is 1. The molecule has 0 bridgehead atoms. The van der Waals surface area contributed by atoms with Crippen molar-refractivity contribution in [3.05, 3.63) is 22.4 Å². The summed E-state index contributed by atoms with van der Waals surface area (Å²) in [7, 11) is 0. The molecule has 0 radical (unpaired) electrons. The molecule has 0 saturated carbocycles. The number of likely N-dealkylation sites (tertiary alicyclic amines) is 1. The van der Waals surface area contributed by atoms with Gasteiger partial charge in [0.2, 0.25) is 0 Å². The Kier molecular flexibility index (Phi) is 10.1. The van der Waals surface area contributed by atoms with Gasteiger partial charge in [0.25, 0.3) is 0 Å². The molecule has 0 spiro atoms. The molecule has 1 saturated heterocycles. The van der Waals surface area contributed by atoms with Crippen LogP contribution in [0.3, 0.4) is 0 Å². The highest BCUT2D eigenvalue weighted by Crippen LogP contribution is 2.20. The number of nitrogens with one attached hydrogen (secondary N) is 1. The maximum atomic E-state index is 5.57. The molecule has 2 unspecified atom stereocenters. The van der Waals surface area contributed by atoms with Gasteiger partial charge in [-0.3, -0.25) is 4.99 Å². The first-order valence-corrected chi connectivity index (χ1v) is 9.31. The van der Waals surface area contributed by atoms with Crippen molar-refractivity contribution in [2.75, 3.05) is 39.4 Å². The van der Waals surface area contributed by atoms with Crippen LogP contribution in [0.25, 0.3) is 0 Å². The van der Waals surface area contributed by atoms with Crippen LogP contribution in [0.2, 0.25) is 0 Å². The summed E-state index contributed by atoms with van der Waals surface area (Å²) >= 11 is 1.76.